The van der Waals surface area contributed by atoms with Crippen LogP contribution in [0.2, 0.25) is 0 Å². The normalized spacial score (nSPS) is 11.6. The van der Waals surface area contributed by atoms with Crippen molar-refractivity contribution in [3.05, 3.63) is 41.0 Å². The van der Waals surface area contributed by atoms with E-state index in [1.807, 2.05) is 24.3 Å². The first-order valence-electron chi connectivity index (χ1n) is 6.84. The summed E-state index contributed by atoms with van der Waals surface area (Å²) in [4.78, 5) is 13.1. The lowest BCUT2D eigenvalue weighted by Crippen LogP contribution is -2.04. The second-order valence-corrected chi connectivity index (χ2v) is 9.55. The lowest BCUT2D eigenvalue weighted by Gasteiger charge is -2.10. The van der Waals surface area contributed by atoms with Gasteiger partial charge in [0.15, 0.2) is 20.8 Å². The largest absolute Gasteiger partial charge is 0.338 e. The van der Waals surface area contributed by atoms with Gasteiger partial charge in [0.2, 0.25) is 0 Å². The van der Waals surface area contributed by atoms with Gasteiger partial charge >= 0.3 is 0 Å². The number of fused-ring (bicyclic) bond motifs is 1. The molecule has 0 radical (unpaired) electrons. The van der Waals surface area contributed by atoms with Crippen LogP contribution in [0.15, 0.2) is 37.2 Å². The van der Waals surface area contributed by atoms with E-state index in [1.54, 1.807) is 30.4 Å². The molecule has 8 heteroatoms. The molecule has 0 saturated carbocycles. The van der Waals surface area contributed by atoms with Crippen LogP contribution in [0, 0.1) is 3.83 Å². The molecule has 0 atom stereocenters. The summed E-state index contributed by atoms with van der Waals surface area (Å²) in [7, 11) is -2.25. The fourth-order valence-electron chi connectivity index (χ4n) is 2.15. The smallest absolute Gasteiger partial charge is 0.194 e. The van der Waals surface area contributed by atoms with Crippen LogP contribution in [0.5, 0.6) is 0 Å². The van der Waals surface area contributed by atoms with E-state index in [-0.39, 0.29) is 0 Å². The minimum absolute atomic E-state index is 0.615. The Hall–Kier alpha value is -1.73. The molecule has 0 amide bonds. The predicted molar refractivity (Wildman–Crippen MR) is 103 cm³/mol. The van der Waals surface area contributed by atoms with E-state index >= 15 is 0 Å². The molecule has 0 fully saturated rings. The number of hydrogen-bond donors (Lipinski definition) is 1. The highest BCUT2D eigenvalue weighted by Gasteiger charge is 2.13. The Bertz CT molecular complexity index is 929. The monoisotopic (exact) mass is 439 g/mol. The number of nitrogens with one attached hydrogen (secondary N) is 1. The van der Waals surface area contributed by atoms with E-state index in [1.165, 1.54) is 0 Å². The van der Waals surface area contributed by atoms with Crippen molar-refractivity contribution < 1.29 is 4.57 Å². The highest BCUT2D eigenvalue weighted by Crippen LogP contribution is 2.35. The molecule has 0 aliphatic rings. The number of aromatic nitrogens is 4. The summed E-state index contributed by atoms with van der Waals surface area (Å²) in [6, 6.07) is 7.52. The molecule has 0 spiro atoms. The molecule has 0 saturated heterocycles. The maximum atomic E-state index is 12.1. The second-order valence-electron chi connectivity index (χ2n) is 5.37. The Labute approximate surface area is 147 Å². The molecule has 2 aromatic heterocycles. The van der Waals surface area contributed by atoms with Gasteiger partial charge in [-0.1, -0.05) is 6.58 Å². The Morgan fingerprint density at radius 3 is 2.57 bits per heavy atom. The Balaban J connectivity index is 2.00. The number of halogens is 1. The van der Waals surface area contributed by atoms with Gasteiger partial charge in [-0.15, -0.1) is 0 Å². The number of benzene rings is 1. The number of rotatable bonds is 4. The van der Waals surface area contributed by atoms with Gasteiger partial charge in [0.1, 0.15) is 13.5 Å². The van der Waals surface area contributed by atoms with Crippen LogP contribution in [0.4, 0.5) is 11.5 Å². The molecule has 23 heavy (non-hydrogen) atoms. The summed E-state index contributed by atoms with van der Waals surface area (Å²) in [5, 5.41) is 4.10. The number of hydrogen-bond acceptors (Lipinski definition) is 5. The molecule has 1 aromatic carbocycles. The molecular formula is C15H15IN5OP. The maximum Gasteiger partial charge on any atom is 0.194 e. The molecule has 0 aliphatic carbocycles. The standard InChI is InChI=1S/C15H15IN5OP/c1-4-21-9-17-12-13(19-15(16)20-14(12)21)18-10-5-7-11(8-6-10)23(2,3)22/h4-9H,1H2,2-3H3,(H,18,19,20). The zero-order chi connectivity index (χ0) is 16.6. The second kappa shape index (κ2) is 6.05. The number of nitrogens with zero attached hydrogens (tertiary/aromatic N) is 4. The minimum atomic E-state index is -2.25. The number of imidazole rings is 1. The van der Waals surface area contributed by atoms with Crippen molar-refractivity contribution in [2.45, 2.75) is 0 Å². The van der Waals surface area contributed by atoms with Gasteiger partial charge in [-0.2, -0.15) is 0 Å². The fourth-order valence-corrected chi connectivity index (χ4v) is 3.49. The number of anilines is 2. The molecule has 0 aliphatic heterocycles. The molecule has 118 valence electrons. The summed E-state index contributed by atoms with van der Waals surface area (Å²) < 4.78 is 14.4. The zero-order valence-electron chi connectivity index (χ0n) is 12.7. The van der Waals surface area contributed by atoms with Crippen LogP contribution in [0.25, 0.3) is 17.4 Å². The molecular weight excluding hydrogens is 424 g/mol. The molecule has 1 N–H and O–H groups in total. The van der Waals surface area contributed by atoms with Gasteiger partial charge < -0.3 is 9.88 Å². The minimum Gasteiger partial charge on any atom is -0.338 e. The van der Waals surface area contributed by atoms with Gasteiger partial charge in [-0.05, 0) is 37.6 Å². The van der Waals surface area contributed by atoms with Crippen molar-refractivity contribution in [1.29, 1.82) is 0 Å². The van der Waals surface area contributed by atoms with Crippen molar-refractivity contribution in [3.63, 3.8) is 0 Å². The van der Waals surface area contributed by atoms with Gasteiger partial charge in [0, 0.05) is 39.8 Å². The van der Waals surface area contributed by atoms with Gasteiger partial charge in [0.25, 0.3) is 0 Å². The fraction of sp³-hybridized carbons (Fsp3) is 0.133. The van der Waals surface area contributed by atoms with E-state index in [0.717, 1.165) is 11.0 Å². The predicted octanol–water partition coefficient (Wildman–Crippen LogP) is 3.52. The average molecular weight is 439 g/mol. The Morgan fingerprint density at radius 1 is 1.26 bits per heavy atom. The van der Waals surface area contributed by atoms with Crippen LogP contribution < -0.4 is 10.6 Å². The van der Waals surface area contributed by atoms with Crippen molar-refractivity contribution in [1.82, 2.24) is 19.5 Å². The SMILES string of the molecule is C=Cn1cnc2c(Nc3ccc(P(C)(C)=O)cc3)nc(I)nc21. The third kappa shape index (κ3) is 3.30. The van der Waals surface area contributed by atoms with E-state index in [0.29, 0.717) is 20.8 Å². The highest BCUT2D eigenvalue weighted by atomic mass is 127. The summed E-state index contributed by atoms with van der Waals surface area (Å²) in [5.74, 6) is 0.629. The maximum absolute atomic E-state index is 12.1. The lowest BCUT2D eigenvalue weighted by molar-refractivity contribution is 0.588. The lowest BCUT2D eigenvalue weighted by atomic mass is 10.3. The summed E-state index contributed by atoms with van der Waals surface area (Å²) in [6.07, 6.45) is 3.30. The summed E-state index contributed by atoms with van der Waals surface area (Å²) in [5.41, 5.74) is 2.22. The molecule has 0 bridgehead atoms. The highest BCUT2D eigenvalue weighted by molar-refractivity contribution is 14.1. The first-order valence-corrected chi connectivity index (χ1v) is 10.5. The van der Waals surface area contributed by atoms with Crippen LogP contribution in [0.3, 0.4) is 0 Å². The van der Waals surface area contributed by atoms with Crippen LogP contribution in [-0.2, 0) is 4.57 Å². The van der Waals surface area contributed by atoms with Crippen molar-refractivity contribution in [2.24, 2.45) is 0 Å². The average Bonchev–Trinajstić information content (AvgIpc) is 2.89. The van der Waals surface area contributed by atoms with Gasteiger partial charge in [-0.3, -0.25) is 4.57 Å². The van der Waals surface area contributed by atoms with Crippen LogP contribution in [-0.4, -0.2) is 32.8 Å². The van der Waals surface area contributed by atoms with E-state index in [2.05, 4.69) is 49.4 Å². The van der Waals surface area contributed by atoms with E-state index < -0.39 is 7.14 Å². The first-order chi connectivity index (χ1) is 10.9. The molecule has 2 heterocycles. The first kappa shape index (κ1) is 16.1. The Morgan fingerprint density at radius 2 is 1.96 bits per heavy atom. The van der Waals surface area contributed by atoms with Gasteiger partial charge in [0.05, 0.1) is 0 Å². The summed E-state index contributed by atoms with van der Waals surface area (Å²) >= 11 is 2.07. The Kier molecular flexibility index (Phi) is 4.25. The van der Waals surface area contributed by atoms with Crippen LogP contribution in [0.1, 0.15) is 0 Å². The molecule has 3 aromatic rings. The van der Waals surface area contributed by atoms with Crippen molar-refractivity contribution in [3.8, 4) is 0 Å². The van der Waals surface area contributed by atoms with E-state index in [4.69, 9.17) is 0 Å². The van der Waals surface area contributed by atoms with Crippen molar-refractivity contribution in [2.75, 3.05) is 18.6 Å². The topological polar surface area (TPSA) is 72.7 Å². The van der Waals surface area contributed by atoms with Gasteiger partial charge in [-0.25, -0.2) is 15.0 Å². The zero-order valence-corrected chi connectivity index (χ0v) is 15.7. The van der Waals surface area contributed by atoms with Crippen molar-refractivity contribution >= 4 is 63.9 Å². The third-order valence-corrected chi connectivity index (χ3v) is 5.37. The summed E-state index contributed by atoms with van der Waals surface area (Å²) in [6.45, 7) is 7.26. The molecule has 0 unspecified atom stereocenters. The molecule has 6 nitrogen and oxygen atoms in total. The van der Waals surface area contributed by atoms with E-state index in [9.17, 15) is 4.57 Å². The molecule has 3 rings (SSSR count). The quantitative estimate of drug-likeness (QED) is 0.383. The van der Waals surface area contributed by atoms with Crippen LogP contribution >= 0.6 is 29.7 Å². The third-order valence-electron chi connectivity index (χ3n) is 3.34.